The molecule has 0 unspecified atom stereocenters. The van der Waals surface area contributed by atoms with E-state index in [1.807, 2.05) is 19.1 Å². The second-order valence-corrected chi connectivity index (χ2v) is 4.02. The van der Waals surface area contributed by atoms with E-state index >= 15 is 0 Å². The van der Waals surface area contributed by atoms with Crippen LogP contribution in [0.4, 0.5) is 0 Å². The number of rotatable bonds is 2. The van der Waals surface area contributed by atoms with Crippen molar-refractivity contribution in [1.29, 1.82) is 0 Å². The predicted molar refractivity (Wildman–Crippen MR) is 54.7 cm³/mol. The highest BCUT2D eigenvalue weighted by molar-refractivity contribution is 5.89. The van der Waals surface area contributed by atoms with Gasteiger partial charge in [-0.1, -0.05) is 24.1 Å². The van der Waals surface area contributed by atoms with Gasteiger partial charge in [0.25, 0.3) is 0 Å². The maximum absolute atomic E-state index is 11.0. The minimum absolute atomic E-state index is 0.486. The van der Waals surface area contributed by atoms with Crippen LogP contribution in [0.2, 0.25) is 0 Å². The Kier molecular flexibility index (Phi) is 2.28. The number of hydrogen-bond acceptors (Lipinski definition) is 1. The van der Waals surface area contributed by atoms with E-state index in [-0.39, 0.29) is 0 Å². The standard InChI is InChI=1S/C12H14O2/c1-8-5-6-10(12(13)14)11(7-8)9-3-2-4-9/h5-7,9H,2-4H2,1H3,(H,13,14). The summed E-state index contributed by atoms with van der Waals surface area (Å²) in [5.74, 6) is -0.312. The van der Waals surface area contributed by atoms with E-state index < -0.39 is 5.97 Å². The van der Waals surface area contributed by atoms with E-state index in [1.165, 1.54) is 6.42 Å². The van der Waals surface area contributed by atoms with Gasteiger partial charge in [-0.3, -0.25) is 0 Å². The van der Waals surface area contributed by atoms with Crippen molar-refractivity contribution in [2.45, 2.75) is 32.1 Å². The molecule has 0 atom stereocenters. The van der Waals surface area contributed by atoms with Crippen LogP contribution in [0, 0.1) is 6.92 Å². The number of carboxylic acids is 1. The Bertz CT molecular complexity index is 365. The van der Waals surface area contributed by atoms with Crippen molar-refractivity contribution < 1.29 is 9.90 Å². The quantitative estimate of drug-likeness (QED) is 0.778. The molecule has 2 heteroatoms. The number of carbonyl (C=O) groups is 1. The van der Waals surface area contributed by atoms with Gasteiger partial charge in [-0.25, -0.2) is 4.79 Å². The van der Waals surface area contributed by atoms with E-state index in [2.05, 4.69) is 0 Å². The fraction of sp³-hybridized carbons (Fsp3) is 0.417. The first kappa shape index (κ1) is 9.25. The second kappa shape index (κ2) is 3.45. The van der Waals surface area contributed by atoms with Crippen LogP contribution in [0.25, 0.3) is 0 Å². The molecule has 1 aromatic rings. The highest BCUT2D eigenvalue weighted by Gasteiger charge is 2.24. The Morgan fingerprint density at radius 2 is 2.14 bits per heavy atom. The number of carboxylic acid groups (broad SMARTS) is 1. The summed E-state index contributed by atoms with van der Waals surface area (Å²) in [6.07, 6.45) is 3.52. The largest absolute Gasteiger partial charge is 0.478 e. The Balaban J connectivity index is 2.42. The summed E-state index contributed by atoms with van der Waals surface area (Å²) in [6.45, 7) is 2.01. The first-order valence-electron chi connectivity index (χ1n) is 5.02. The average molecular weight is 190 g/mol. The van der Waals surface area contributed by atoms with Crippen molar-refractivity contribution in [2.24, 2.45) is 0 Å². The molecule has 1 aromatic carbocycles. The maximum atomic E-state index is 11.0. The maximum Gasteiger partial charge on any atom is 0.335 e. The molecular weight excluding hydrogens is 176 g/mol. The summed E-state index contributed by atoms with van der Waals surface area (Å²) >= 11 is 0. The molecule has 0 aromatic heterocycles. The molecule has 0 amide bonds. The minimum atomic E-state index is -0.799. The van der Waals surface area contributed by atoms with Gasteiger partial charge in [0.1, 0.15) is 0 Å². The summed E-state index contributed by atoms with van der Waals surface area (Å²) in [4.78, 5) is 11.0. The molecule has 1 aliphatic rings. The molecule has 14 heavy (non-hydrogen) atoms. The van der Waals surface area contributed by atoms with Crippen LogP contribution in [0.1, 0.15) is 46.7 Å². The second-order valence-electron chi connectivity index (χ2n) is 4.02. The first-order valence-corrected chi connectivity index (χ1v) is 5.02. The van der Waals surface area contributed by atoms with Crippen LogP contribution in [-0.2, 0) is 0 Å². The Morgan fingerprint density at radius 1 is 1.43 bits per heavy atom. The van der Waals surface area contributed by atoms with E-state index in [0.717, 1.165) is 24.0 Å². The molecule has 0 radical (unpaired) electrons. The third-order valence-electron chi connectivity index (χ3n) is 2.98. The van der Waals surface area contributed by atoms with E-state index in [0.29, 0.717) is 11.5 Å². The molecule has 1 N–H and O–H groups in total. The Labute approximate surface area is 83.6 Å². The third-order valence-corrected chi connectivity index (χ3v) is 2.98. The monoisotopic (exact) mass is 190 g/mol. The lowest BCUT2D eigenvalue weighted by Gasteiger charge is -2.27. The van der Waals surface area contributed by atoms with Gasteiger partial charge in [0.2, 0.25) is 0 Å². The van der Waals surface area contributed by atoms with Crippen molar-refractivity contribution >= 4 is 5.97 Å². The minimum Gasteiger partial charge on any atom is -0.478 e. The van der Waals surface area contributed by atoms with Gasteiger partial charge in [-0.15, -0.1) is 0 Å². The topological polar surface area (TPSA) is 37.3 Å². The number of aromatic carboxylic acids is 1. The summed E-state index contributed by atoms with van der Waals surface area (Å²) in [5, 5.41) is 9.03. The van der Waals surface area contributed by atoms with Crippen molar-refractivity contribution in [3.8, 4) is 0 Å². The molecule has 74 valence electrons. The van der Waals surface area contributed by atoms with Gasteiger partial charge in [0.05, 0.1) is 5.56 Å². The van der Waals surface area contributed by atoms with Crippen molar-refractivity contribution in [3.63, 3.8) is 0 Å². The van der Waals surface area contributed by atoms with Gasteiger partial charge in [-0.05, 0) is 37.3 Å². The highest BCUT2D eigenvalue weighted by Crippen LogP contribution is 2.38. The van der Waals surface area contributed by atoms with Crippen LogP contribution >= 0.6 is 0 Å². The van der Waals surface area contributed by atoms with Crippen LogP contribution in [-0.4, -0.2) is 11.1 Å². The average Bonchev–Trinajstić information content (AvgIpc) is 2.00. The summed E-state index contributed by atoms with van der Waals surface area (Å²) in [5.41, 5.74) is 2.67. The zero-order valence-corrected chi connectivity index (χ0v) is 8.29. The zero-order chi connectivity index (χ0) is 10.1. The summed E-state index contributed by atoms with van der Waals surface area (Å²) in [7, 11) is 0. The fourth-order valence-corrected chi connectivity index (χ4v) is 1.93. The van der Waals surface area contributed by atoms with E-state index in [1.54, 1.807) is 6.07 Å². The predicted octanol–water partition coefficient (Wildman–Crippen LogP) is 2.96. The van der Waals surface area contributed by atoms with Crippen LogP contribution < -0.4 is 0 Å². The molecule has 2 nitrogen and oxygen atoms in total. The summed E-state index contributed by atoms with van der Waals surface area (Å²) < 4.78 is 0. The number of benzene rings is 1. The van der Waals surface area contributed by atoms with Gasteiger partial charge >= 0.3 is 5.97 Å². The normalized spacial score (nSPS) is 16.4. The molecule has 0 saturated heterocycles. The Morgan fingerprint density at radius 3 is 2.64 bits per heavy atom. The molecule has 0 bridgehead atoms. The van der Waals surface area contributed by atoms with Gasteiger partial charge < -0.3 is 5.11 Å². The molecule has 0 spiro atoms. The molecule has 2 rings (SSSR count). The molecule has 1 aliphatic carbocycles. The molecule has 0 heterocycles. The lowest BCUT2D eigenvalue weighted by Crippen LogP contribution is -2.13. The zero-order valence-electron chi connectivity index (χ0n) is 8.29. The molecule has 1 saturated carbocycles. The highest BCUT2D eigenvalue weighted by atomic mass is 16.4. The third kappa shape index (κ3) is 1.52. The molecule has 0 aliphatic heterocycles. The summed E-state index contributed by atoms with van der Waals surface area (Å²) in [6, 6.07) is 5.62. The molecule has 1 fully saturated rings. The van der Waals surface area contributed by atoms with E-state index in [4.69, 9.17) is 5.11 Å². The van der Waals surface area contributed by atoms with Crippen molar-refractivity contribution in [1.82, 2.24) is 0 Å². The smallest absolute Gasteiger partial charge is 0.335 e. The van der Waals surface area contributed by atoms with E-state index in [9.17, 15) is 4.79 Å². The molecular formula is C12H14O2. The van der Waals surface area contributed by atoms with Crippen LogP contribution in [0.3, 0.4) is 0 Å². The van der Waals surface area contributed by atoms with Gasteiger partial charge in [0, 0.05) is 0 Å². The SMILES string of the molecule is Cc1ccc(C(=O)O)c(C2CCC2)c1. The van der Waals surface area contributed by atoms with Gasteiger partial charge in [0.15, 0.2) is 0 Å². The van der Waals surface area contributed by atoms with Crippen molar-refractivity contribution in [3.05, 3.63) is 34.9 Å². The van der Waals surface area contributed by atoms with Crippen LogP contribution in [0.5, 0.6) is 0 Å². The lowest BCUT2D eigenvalue weighted by atomic mass is 9.78. The lowest BCUT2D eigenvalue weighted by molar-refractivity contribution is 0.0694. The van der Waals surface area contributed by atoms with Gasteiger partial charge in [-0.2, -0.15) is 0 Å². The number of hydrogen-bond donors (Lipinski definition) is 1. The van der Waals surface area contributed by atoms with Crippen molar-refractivity contribution in [2.75, 3.05) is 0 Å². The van der Waals surface area contributed by atoms with Crippen LogP contribution in [0.15, 0.2) is 18.2 Å². The fourth-order valence-electron chi connectivity index (χ4n) is 1.93. The number of aryl methyl sites for hydroxylation is 1. The first-order chi connectivity index (χ1) is 6.68. The Hall–Kier alpha value is -1.31.